The van der Waals surface area contributed by atoms with E-state index in [1.807, 2.05) is 18.2 Å². The highest BCUT2D eigenvalue weighted by Gasteiger charge is 2.28. The first-order valence-corrected chi connectivity index (χ1v) is 7.62. The van der Waals surface area contributed by atoms with Gasteiger partial charge in [-0.2, -0.15) is 0 Å². The second-order valence-corrected chi connectivity index (χ2v) is 5.40. The first-order chi connectivity index (χ1) is 11.7. The molecule has 0 saturated carbocycles. The third-order valence-electron chi connectivity index (χ3n) is 3.67. The zero-order valence-corrected chi connectivity index (χ0v) is 13.0. The first-order valence-electron chi connectivity index (χ1n) is 7.62. The first kappa shape index (κ1) is 16.3. The molecule has 1 aliphatic heterocycles. The fourth-order valence-electron chi connectivity index (χ4n) is 2.43. The van der Waals surface area contributed by atoms with Gasteiger partial charge in [-0.25, -0.2) is 4.68 Å². The van der Waals surface area contributed by atoms with Gasteiger partial charge < -0.3 is 20.5 Å². The summed E-state index contributed by atoms with van der Waals surface area (Å²) in [7, 11) is 0. The zero-order chi connectivity index (χ0) is 16.8. The van der Waals surface area contributed by atoms with Crippen molar-refractivity contribution >= 4 is 11.9 Å². The van der Waals surface area contributed by atoms with Crippen LogP contribution in [0, 0.1) is 0 Å². The molecular formula is C14H19N7O3. The van der Waals surface area contributed by atoms with Gasteiger partial charge in [0.25, 0.3) is 0 Å². The molecule has 1 saturated heterocycles. The van der Waals surface area contributed by atoms with Crippen LogP contribution in [0.25, 0.3) is 0 Å². The van der Waals surface area contributed by atoms with Gasteiger partial charge in [0.15, 0.2) is 0 Å². The number of nitrogen functional groups attached to an aromatic ring is 1. The quantitative estimate of drug-likeness (QED) is 0.698. The maximum absolute atomic E-state index is 12.2. The minimum atomic E-state index is -0.240. The number of carbonyl (C=O) groups excluding carboxylic acids is 1. The van der Waals surface area contributed by atoms with E-state index < -0.39 is 0 Å². The molecule has 0 bridgehead atoms. The van der Waals surface area contributed by atoms with E-state index in [9.17, 15) is 4.79 Å². The van der Waals surface area contributed by atoms with Crippen molar-refractivity contribution in [2.45, 2.75) is 31.7 Å². The summed E-state index contributed by atoms with van der Waals surface area (Å²) >= 11 is 0. The Morgan fingerprint density at radius 2 is 2.42 bits per heavy atom. The molecule has 0 spiro atoms. The lowest BCUT2D eigenvalue weighted by Crippen LogP contribution is -2.50. The molecule has 1 amide bonds. The Kier molecular flexibility index (Phi) is 5.29. The normalized spacial score (nSPS) is 20.7. The molecule has 0 radical (unpaired) electrons. The number of hydrogen-bond acceptors (Lipinski definition) is 8. The van der Waals surface area contributed by atoms with E-state index in [0.717, 1.165) is 5.69 Å². The van der Waals surface area contributed by atoms with E-state index >= 15 is 0 Å². The van der Waals surface area contributed by atoms with Crippen LogP contribution in [-0.4, -0.2) is 56.5 Å². The van der Waals surface area contributed by atoms with Gasteiger partial charge in [0.05, 0.1) is 24.9 Å². The molecule has 1 aliphatic rings. The van der Waals surface area contributed by atoms with Crippen molar-refractivity contribution in [1.82, 2.24) is 30.5 Å². The highest BCUT2D eigenvalue weighted by atomic mass is 16.5. The van der Waals surface area contributed by atoms with Crippen LogP contribution in [0.2, 0.25) is 0 Å². The molecule has 2 aromatic rings. The number of amides is 1. The van der Waals surface area contributed by atoms with E-state index in [0.29, 0.717) is 26.2 Å². The fourth-order valence-corrected chi connectivity index (χ4v) is 2.43. The topological polar surface area (TPSA) is 130 Å². The molecule has 2 aromatic heterocycles. The number of hydrogen-bond donors (Lipinski definition) is 2. The second kappa shape index (κ2) is 7.79. The third-order valence-corrected chi connectivity index (χ3v) is 3.67. The van der Waals surface area contributed by atoms with Crippen LogP contribution < -0.4 is 11.1 Å². The summed E-state index contributed by atoms with van der Waals surface area (Å²) in [6, 6.07) is 5.49. The molecule has 10 heteroatoms. The van der Waals surface area contributed by atoms with E-state index in [1.54, 1.807) is 6.20 Å². The van der Waals surface area contributed by atoms with Crippen LogP contribution in [0.1, 0.15) is 12.1 Å². The van der Waals surface area contributed by atoms with Gasteiger partial charge >= 0.3 is 0 Å². The van der Waals surface area contributed by atoms with E-state index in [-0.39, 0.29) is 30.5 Å². The van der Waals surface area contributed by atoms with Gasteiger partial charge in [0.2, 0.25) is 11.9 Å². The largest absolute Gasteiger partial charge is 0.379 e. The summed E-state index contributed by atoms with van der Waals surface area (Å²) in [5, 5.41) is 13.5. The molecular weight excluding hydrogens is 314 g/mol. The SMILES string of the molecule is Nc1nnnn1CC(=O)N[C@@H]1CCOC[C@H]1OCc1ccccn1. The maximum Gasteiger partial charge on any atom is 0.242 e. The number of rotatable bonds is 6. The molecule has 10 nitrogen and oxygen atoms in total. The number of nitrogens with zero attached hydrogens (tertiary/aromatic N) is 5. The monoisotopic (exact) mass is 333 g/mol. The Hall–Kier alpha value is -2.59. The van der Waals surface area contributed by atoms with Crippen molar-refractivity contribution in [2.24, 2.45) is 0 Å². The van der Waals surface area contributed by atoms with Crippen molar-refractivity contribution in [3.8, 4) is 0 Å². The molecule has 3 rings (SSSR count). The van der Waals surface area contributed by atoms with Crippen LogP contribution in [0.3, 0.4) is 0 Å². The predicted molar refractivity (Wildman–Crippen MR) is 82.4 cm³/mol. The maximum atomic E-state index is 12.2. The lowest BCUT2D eigenvalue weighted by molar-refractivity contribution is -0.127. The fraction of sp³-hybridized carbons (Fsp3) is 0.500. The highest BCUT2D eigenvalue weighted by molar-refractivity contribution is 5.76. The van der Waals surface area contributed by atoms with Gasteiger partial charge in [-0.15, -0.1) is 0 Å². The second-order valence-electron chi connectivity index (χ2n) is 5.40. The van der Waals surface area contributed by atoms with Crippen molar-refractivity contribution < 1.29 is 14.3 Å². The lowest BCUT2D eigenvalue weighted by Gasteiger charge is -2.32. The molecule has 1 fully saturated rings. The average molecular weight is 333 g/mol. The van der Waals surface area contributed by atoms with Gasteiger partial charge in [0.1, 0.15) is 12.6 Å². The number of nitrogens with one attached hydrogen (secondary N) is 1. The van der Waals surface area contributed by atoms with Crippen LogP contribution in [0.5, 0.6) is 0 Å². The Labute approximate surface area is 138 Å². The highest BCUT2D eigenvalue weighted by Crippen LogP contribution is 2.13. The number of tetrazole rings is 1. The van der Waals surface area contributed by atoms with Gasteiger partial charge in [-0.05, 0) is 29.0 Å². The minimum absolute atomic E-state index is 0.0385. The Morgan fingerprint density at radius 1 is 1.50 bits per heavy atom. The van der Waals surface area contributed by atoms with Crippen molar-refractivity contribution in [3.63, 3.8) is 0 Å². The summed E-state index contributed by atoms with van der Waals surface area (Å²) in [6.07, 6.45) is 2.14. The van der Waals surface area contributed by atoms with Crippen LogP contribution >= 0.6 is 0 Å². The lowest BCUT2D eigenvalue weighted by atomic mass is 10.1. The van der Waals surface area contributed by atoms with E-state index in [2.05, 4.69) is 25.8 Å². The number of anilines is 1. The number of pyridine rings is 1. The minimum Gasteiger partial charge on any atom is -0.379 e. The summed E-state index contributed by atoms with van der Waals surface area (Å²) < 4.78 is 12.6. The van der Waals surface area contributed by atoms with Crippen molar-refractivity contribution in [1.29, 1.82) is 0 Å². The molecule has 3 N–H and O–H groups in total. The molecule has 3 heterocycles. The van der Waals surface area contributed by atoms with E-state index in [4.69, 9.17) is 15.2 Å². The predicted octanol–water partition coefficient (Wildman–Crippen LogP) is -0.859. The Bertz CT molecular complexity index is 663. The molecule has 0 aromatic carbocycles. The summed E-state index contributed by atoms with van der Waals surface area (Å²) in [6.45, 7) is 1.32. The number of nitrogens with two attached hydrogens (primary N) is 1. The number of carbonyl (C=O) groups is 1. The Balaban J connectivity index is 1.54. The van der Waals surface area contributed by atoms with E-state index in [1.165, 1.54) is 4.68 Å². The summed E-state index contributed by atoms with van der Waals surface area (Å²) in [4.78, 5) is 16.4. The van der Waals surface area contributed by atoms with Gasteiger partial charge in [0, 0.05) is 12.8 Å². The average Bonchev–Trinajstić information content (AvgIpc) is 3.00. The number of ether oxygens (including phenoxy) is 2. The molecule has 0 aliphatic carbocycles. The van der Waals surface area contributed by atoms with Crippen molar-refractivity contribution in [3.05, 3.63) is 30.1 Å². The summed E-state index contributed by atoms with van der Waals surface area (Å²) in [5.41, 5.74) is 6.38. The Morgan fingerprint density at radius 3 is 3.17 bits per heavy atom. The number of aromatic nitrogens is 5. The molecule has 2 atom stereocenters. The van der Waals surface area contributed by atoms with Crippen molar-refractivity contribution in [2.75, 3.05) is 18.9 Å². The van der Waals surface area contributed by atoms with Gasteiger partial charge in [-0.3, -0.25) is 9.78 Å². The zero-order valence-electron chi connectivity index (χ0n) is 13.0. The molecule has 128 valence electrons. The van der Waals surface area contributed by atoms with Crippen LogP contribution in [0.15, 0.2) is 24.4 Å². The third kappa shape index (κ3) is 4.24. The molecule has 0 unspecified atom stereocenters. The standard InChI is InChI=1S/C14H19N7O3/c15-14-18-19-20-21(14)7-13(22)17-11-4-6-23-9-12(11)24-8-10-3-1-2-5-16-10/h1-3,5,11-12H,4,6-9H2,(H,17,22)(H2,15,18,20)/t11-,12-/m1/s1. The summed E-state index contributed by atoms with van der Waals surface area (Å²) in [5.74, 6) is -0.132. The smallest absolute Gasteiger partial charge is 0.242 e. The molecule has 24 heavy (non-hydrogen) atoms. The van der Waals surface area contributed by atoms with Crippen LogP contribution in [-0.2, 0) is 27.4 Å². The van der Waals surface area contributed by atoms with Crippen LogP contribution in [0.4, 0.5) is 5.95 Å². The van der Waals surface area contributed by atoms with Gasteiger partial charge in [-0.1, -0.05) is 11.2 Å².